The highest BCUT2D eigenvalue weighted by Crippen LogP contribution is 2.37. The largest absolute Gasteiger partial charge is 0.496 e. The first-order valence-corrected chi connectivity index (χ1v) is 11.4. The van der Waals surface area contributed by atoms with Crippen molar-refractivity contribution >= 4 is 44.2 Å². The Morgan fingerprint density at radius 2 is 1.94 bits per heavy atom. The highest BCUT2D eigenvalue weighted by Gasteiger charge is 2.23. The molecule has 0 radical (unpaired) electrons. The lowest BCUT2D eigenvalue weighted by atomic mass is 10.0. The number of carbonyl (C=O) groups is 1. The standard InChI is InChI=1S/C24H21ClFN3O4S/c1-13-4-6-15(22(27-13)20-18(32-3)9-7-16(25)21(20)26)23(30)29-24-28-17-8-5-14(12-19(17)34-24)33-11-10-31-2/h4-9,12H,10-11H2,1-3H3,(H,28,29,30). The normalized spacial score (nSPS) is 11.0. The summed E-state index contributed by atoms with van der Waals surface area (Å²) in [6, 6.07) is 11.7. The van der Waals surface area contributed by atoms with Crippen molar-refractivity contribution < 1.29 is 23.4 Å². The number of anilines is 1. The molecular weight excluding hydrogens is 481 g/mol. The number of hydrogen-bond donors (Lipinski definition) is 1. The van der Waals surface area contributed by atoms with Crippen molar-refractivity contribution in [2.24, 2.45) is 0 Å². The quantitative estimate of drug-likeness (QED) is 0.310. The predicted octanol–water partition coefficient (Wildman–Crippen LogP) is 5.75. The van der Waals surface area contributed by atoms with Crippen molar-refractivity contribution in [3.8, 4) is 22.8 Å². The number of aryl methyl sites for hydroxylation is 1. The number of benzene rings is 2. The van der Waals surface area contributed by atoms with Gasteiger partial charge in [-0.1, -0.05) is 22.9 Å². The molecule has 34 heavy (non-hydrogen) atoms. The fraction of sp³-hybridized carbons (Fsp3) is 0.208. The maximum Gasteiger partial charge on any atom is 0.259 e. The summed E-state index contributed by atoms with van der Waals surface area (Å²) in [5.41, 5.74) is 1.63. The summed E-state index contributed by atoms with van der Waals surface area (Å²) in [5.74, 6) is -0.302. The van der Waals surface area contributed by atoms with Crippen LogP contribution in [0.1, 0.15) is 16.1 Å². The Bertz CT molecular complexity index is 1360. The molecular formula is C24H21ClFN3O4S. The molecule has 0 bridgehead atoms. The summed E-state index contributed by atoms with van der Waals surface area (Å²) in [4.78, 5) is 22.1. The van der Waals surface area contributed by atoms with Gasteiger partial charge in [-0.2, -0.15) is 0 Å². The van der Waals surface area contributed by atoms with E-state index in [2.05, 4.69) is 15.3 Å². The summed E-state index contributed by atoms with van der Waals surface area (Å²) in [6.45, 7) is 2.66. The Hall–Kier alpha value is -3.27. The molecule has 10 heteroatoms. The van der Waals surface area contributed by atoms with Gasteiger partial charge in [-0.25, -0.2) is 9.37 Å². The number of thiazole rings is 1. The third kappa shape index (κ3) is 4.96. The molecule has 4 rings (SSSR count). The lowest BCUT2D eigenvalue weighted by Gasteiger charge is -2.14. The molecule has 0 fully saturated rings. The van der Waals surface area contributed by atoms with E-state index in [-0.39, 0.29) is 27.6 Å². The van der Waals surface area contributed by atoms with Crippen molar-refractivity contribution in [1.82, 2.24) is 9.97 Å². The molecule has 2 aromatic carbocycles. The van der Waals surface area contributed by atoms with Gasteiger partial charge in [-0.05, 0) is 49.4 Å². The Labute approximate surface area is 204 Å². The number of amides is 1. The van der Waals surface area contributed by atoms with Crippen LogP contribution in [0.3, 0.4) is 0 Å². The molecule has 0 saturated heterocycles. The van der Waals surface area contributed by atoms with Crippen LogP contribution in [0.15, 0.2) is 42.5 Å². The molecule has 7 nitrogen and oxygen atoms in total. The lowest BCUT2D eigenvalue weighted by molar-refractivity contribution is 0.102. The number of methoxy groups -OCH3 is 2. The number of nitrogens with one attached hydrogen (secondary N) is 1. The molecule has 0 aliphatic carbocycles. The molecule has 2 aromatic heterocycles. The van der Waals surface area contributed by atoms with E-state index in [1.165, 1.54) is 30.6 Å². The van der Waals surface area contributed by atoms with Crippen LogP contribution in [-0.2, 0) is 4.74 Å². The van der Waals surface area contributed by atoms with E-state index < -0.39 is 11.7 Å². The van der Waals surface area contributed by atoms with Crippen LogP contribution >= 0.6 is 22.9 Å². The molecule has 176 valence electrons. The number of nitrogens with zero attached hydrogens (tertiary/aromatic N) is 2. The van der Waals surface area contributed by atoms with Crippen LogP contribution in [-0.4, -0.2) is 43.3 Å². The van der Waals surface area contributed by atoms with Gasteiger partial charge in [0.2, 0.25) is 0 Å². The molecule has 0 atom stereocenters. The number of ether oxygens (including phenoxy) is 3. The van der Waals surface area contributed by atoms with E-state index in [9.17, 15) is 4.79 Å². The van der Waals surface area contributed by atoms with E-state index >= 15 is 4.39 Å². The third-order valence-corrected chi connectivity index (χ3v) is 6.15. The SMILES string of the molecule is COCCOc1ccc2nc(NC(=O)c3ccc(C)nc3-c3c(OC)ccc(Cl)c3F)sc2c1. The number of pyridine rings is 1. The maximum atomic E-state index is 15.0. The Morgan fingerprint density at radius 3 is 2.71 bits per heavy atom. The molecule has 0 aliphatic rings. The third-order valence-electron chi connectivity index (χ3n) is 4.93. The van der Waals surface area contributed by atoms with Gasteiger partial charge in [0.25, 0.3) is 5.91 Å². The van der Waals surface area contributed by atoms with Gasteiger partial charge in [-0.3, -0.25) is 15.1 Å². The predicted molar refractivity (Wildman–Crippen MR) is 131 cm³/mol. The van der Waals surface area contributed by atoms with Gasteiger partial charge in [0.1, 0.15) is 18.1 Å². The molecule has 1 N–H and O–H groups in total. The average molecular weight is 502 g/mol. The molecule has 0 saturated carbocycles. The lowest BCUT2D eigenvalue weighted by Crippen LogP contribution is -2.14. The number of rotatable bonds is 8. The van der Waals surface area contributed by atoms with Crippen LogP contribution in [0.5, 0.6) is 11.5 Å². The van der Waals surface area contributed by atoms with Gasteiger partial charge in [-0.15, -0.1) is 0 Å². The number of carbonyl (C=O) groups excluding carboxylic acids is 1. The van der Waals surface area contributed by atoms with Gasteiger partial charge in [0.15, 0.2) is 10.9 Å². The van der Waals surface area contributed by atoms with E-state index in [1.807, 2.05) is 12.1 Å². The second kappa shape index (κ2) is 10.3. The van der Waals surface area contributed by atoms with E-state index in [1.54, 1.807) is 32.2 Å². The Balaban J connectivity index is 1.66. The summed E-state index contributed by atoms with van der Waals surface area (Å²) in [6.07, 6.45) is 0. The van der Waals surface area contributed by atoms with Crippen molar-refractivity contribution in [2.75, 3.05) is 32.8 Å². The van der Waals surface area contributed by atoms with Gasteiger partial charge >= 0.3 is 0 Å². The Morgan fingerprint density at radius 1 is 1.12 bits per heavy atom. The first-order chi connectivity index (χ1) is 16.4. The van der Waals surface area contributed by atoms with Crippen molar-refractivity contribution in [1.29, 1.82) is 0 Å². The van der Waals surface area contributed by atoms with Crippen LogP contribution in [0, 0.1) is 12.7 Å². The van der Waals surface area contributed by atoms with E-state index in [0.717, 1.165) is 4.70 Å². The minimum absolute atomic E-state index is 0.0194. The molecule has 0 spiro atoms. The summed E-state index contributed by atoms with van der Waals surface area (Å²) >= 11 is 7.30. The first kappa shape index (κ1) is 23.9. The monoisotopic (exact) mass is 501 g/mol. The van der Waals surface area contributed by atoms with Crippen LogP contribution < -0.4 is 14.8 Å². The Kier molecular flexibility index (Phi) is 7.26. The van der Waals surface area contributed by atoms with Crippen molar-refractivity contribution in [3.63, 3.8) is 0 Å². The summed E-state index contributed by atoms with van der Waals surface area (Å²) in [7, 11) is 3.02. The zero-order chi connectivity index (χ0) is 24.2. The van der Waals surface area contributed by atoms with Gasteiger partial charge < -0.3 is 14.2 Å². The average Bonchev–Trinajstić information content (AvgIpc) is 3.22. The number of halogens is 2. The number of fused-ring (bicyclic) bond motifs is 1. The fourth-order valence-electron chi connectivity index (χ4n) is 3.31. The van der Waals surface area contributed by atoms with E-state index in [0.29, 0.717) is 35.3 Å². The zero-order valence-electron chi connectivity index (χ0n) is 18.6. The van der Waals surface area contributed by atoms with Gasteiger partial charge in [0.05, 0.1) is 45.8 Å². The zero-order valence-corrected chi connectivity index (χ0v) is 20.2. The summed E-state index contributed by atoms with van der Waals surface area (Å²) in [5, 5.41) is 3.08. The first-order valence-electron chi connectivity index (χ1n) is 10.2. The molecule has 4 aromatic rings. The van der Waals surface area contributed by atoms with Crippen LogP contribution in [0.4, 0.5) is 9.52 Å². The van der Waals surface area contributed by atoms with Gasteiger partial charge in [0, 0.05) is 12.8 Å². The fourth-order valence-corrected chi connectivity index (χ4v) is 4.36. The molecule has 0 aliphatic heterocycles. The van der Waals surface area contributed by atoms with Crippen molar-refractivity contribution in [3.05, 3.63) is 64.6 Å². The molecule has 0 unspecified atom stereocenters. The van der Waals surface area contributed by atoms with Crippen molar-refractivity contribution in [2.45, 2.75) is 6.92 Å². The molecule has 2 heterocycles. The minimum Gasteiger partial charge on any atom is -0.496 e. The van der Waals surface area contributed by atoms with Crippen LogP contribution in [0.2, 0.25) is 5.02 Å². The van der Waals surface area contributed by atoms with Crippen LogP contribution in [0.25, 0.3) is 21.5 Å². The minimum atomic E-state index is -0.714. The summed E-state index contributed by atoms with van der Waals surface area (Å²) < 4.78 is 31.8. The second-order valence-electron chi connectivity index (χ2n) is 7.23. The number of hydrogen-bond acceptors (Lipinski definition) is 7. The second-order valence-corrected chi connectivity index (χ2v) is 8.67. The molecule has 1 amide bonds. The topological polar surface area (TPSA) is 82.6 Å². The maximum absolute atomic E-state index is 15.0. The number of aromatic nitrogens is 2. The highest BCUT2D eigenvalue weighted by atomic mass is 35.5. The smallest absolute Gasteiger partial charge is 0.259 e. The van der Waals surface area contributed by atoms with E-state index in [4.69, 9.17) is 25.8 Å². The highest BCUT2D eigenvalue weighted by molar-refractivity contribution is 7.22.